The molecule has 0 heterocycles. The van der Waals surface area contributed by atoms with Crippen molar-refractivity contribution in [3.05, 3.63) is 35.4 Å². The first-order valence-electron chi connectivity index (χ1n) is 8.66. The monoisotopic (exact) mass is 500 g/mol. The van der Waals surface area contributed by atoms with Crippen LogP contribution in [0.1, 0.15) is 43.7 Å². The van der Waals surface area contributed by atoms with E-state index < -0.39 is 11.7 Å². The first-order valence-corrected chi connectivity index (χ1v) is 8.66. The molecule has 0 bridgehead atoms. The zero-order valence-corrected chi connectivity index (χ0v) is 18.2. The second kappa shape index (κ2) is 12.8. The molecule has 9 heteroatoms. The number of hydrogen-bond acceptors (Lipinski definition) is 2. The van der Waals surface area contributed by atoms with Gasteiger partial charge in [-0.05, 0) is 30.4 Å². The van der Waals surface area contributed by atoms with Gasteiger partial charge < -0.3 is 16.0 Å². The number of alkyl halides is 3. The van der Waals surface area contributed by atoms with Gasteiger partial charge in [-0.15, -0.1) is 24.0 Å². The third-order valence-corrected chi connectivity index (χ3v) is 3.86. The number of hydrogen-bond donors (Lipinski definition) is 3. The SMILES string of the molecule is CCCNC(=O)CNC(=NC)NCCC(C)c1cccc(C(F)(F)F)c1.I. The van der Waals surface area contributed by atoms with Crippen molar-refractivity contribution < 1.29 is 18.0 Å². The fourth-order valence-corrected chi connectivity index (χ4v) is 2.31. The summed E-state index contributed by atoms with van der Waals surface area (Å²) in [6.45, 7) is 5.11. The molecule has 0 saturated heterocycles. The molecule has 0 aliphatic carbocycles. The summed E-state index contributed by atoms with van der Waals surface area (Å²) in [5.74, 6) is 0.316. The van der Waals surface area contributed by atoms with Gasteiger partial charge in [0.2, 0.25) is 5.91 Å². The van der Waals surface area contributed by atoms with E-state index in [0.29, 0.717) is 31.0 Å². The molecule has 5 nitrogen and oxygen atoms in total. The van der Waals surface area contributed by atoms with Crippen LogP contribution in [-0.4, -0.2) is 38.5 Å². The first kappa shape index (κ1) is 25.5. The van der Waals surface area contributed by atoms with Crippen molar-refractivity contribution in [1.29, 1.82) is 0 Å². The van der Waals surface area contributed by atoms with Crippen LogP contribution in [-0.2, 0) is 11.0 Å². The normalized spacial score (nSPS) is 12.7. The summed E-state index contributed by atoms with van der Waals surface area (Å²) in [5.41, 5.74) is 0.00823. The van der Waals surface area contributed by atoms with E-state index in [1.807, 2.05) is 13.8 Å². The summed E-state index contributed by atoms with van der Waals surface area (Å²) in [7, 11) is 1.59. The molecular weight excluding hydrogens is 472 g/mol. The van der Waals surface area contributed by atoms with Gasteiger partial charge in [0.05, 0.1) is 12.1 Å². The molecule has 1 unspecified atom stereocenters. The largest absolute Gasteiger partial charge is 0.416 e. The average molecular weight is 500 g/mol. The Morgan fingerprint density at radius 1 is 1.19 bits per heavy atom. The molecular formula is C18H28F3IN4O. The molecule has 27 heavy (non-hydrogen) atoms. The average Bonchev–Trinajstić information content (AvgIpc) is 2.61. The zero-order valence-electron chi connectivity index (χ0n) is 15.8. The highest BCUT2D eigenvalue weighted by Crippen LogP contribution is 2.31. The minimum atomic E-state index is -4.34. The molecule has 0 fully saturated rings. The van der Waals surface area contributed by atoms with E-state index >= 15 is 0 Å². The second-order valence-electron chi connectivity index (χ2n) is 6.02. The minimum absolute atomic E-state index is 0. The molecule has 0 aromatic heterocycles. The van der Waals surface area contributed by atoms with Crippen LogP contribution in [0.3, 0.4) is 0 Å². The molecule has 0 spiro atoms. The summed E-state index contributed by atoms with van der Waals surface area (Å²) in [5, 5.41) is 8.71. The van der Waals surface area contributed by atoms with E-state index in [4.69, 9.17) is 0 Å². The summed E-state index contributed by atoms with van der Waals surface area (Å²) < 4.78 is 38.4. The van der Waals surface area contributed by atoms with E-state index in [1.165, 1.54) is 12.1 Å². The number of amides is 1. The molecule has 1 amide bonds. The molecule has 0 aliphatic rings. The third-order valence-electron chi connectivity index (χ3n) is 3.86. The Bertz CT molecular complexity index is 609. The van der Waals surface area contributed by atoms with Gasteiger partial charge in [0.25, 0.3) is 0 Å². The van der Waals surface area contributed by atoms with Crippen molar-refractivity contribution in [1.82, 2.24) is 16.0 Å². The highest BCUT2D eigenvalue weighted by molar-refractivity contribution is 14.0. The van der Waals surface area contributed by atoms with Gasteiger partial charge in [-0.1, -0.05) is 32.0 Å². The highest BCUT2D eigenvalue weighted by Gasteiger charge is 2.30. The van der Waals surface area contributed by atoms with Gasteiger partial charge in [-0.2, -0.15) is 13.2 Å². The lowest BCUT2D eigenvalue weighted by Crippen LogP contribution is -2.43. The zero-order chi connectivity index (χ0) is 19.6. The van der Waals surface area contributed by atoms with Crippen LogP contribution in [0.4, 0.5) is 13.2 Å². The van der Waals surface area contributed by atoms with Gasteiger partial charge in [0.15, 0.2) is 5.96 Å². The maximum Gasteiger partial charge on any atom is 0.416 e. The number of benzene rings is 1. The van der Waals surface area contributed by atoms with Gasteiger partial charge in [0.1, 0.15) is 0 Å². The topological polar surface area (TPSA) is 65.5 Å². The Hall–Kier alpha value is -1.52. The van der Waals surface area contributed by atoms with Crippen LogP contribution in [0.15, 0.2) is 29.3 Å². The van der Waals surface area contributed by atoms with Crippen molar-refractivity contribution in [2.75, 3.05) is 26.7 Å². The molecule has 0 radical (unpaired) electrons. The minimum Gasteiger partial charge on any atom is -0.356 e. The quantitative estimate of drug-likeness (QED) is 0.291. The van der Waals surface area contributed by atoms with E-state index in [2.05, 4.69) is 20.9 Å². The molecule has 1 atom stereocenters. The van der Waals surface area contributed by atoms with Crippen LogP contribution in [0, 0.1) is 0 Å². The molecule has 0 saturated carbocycles. The Balaban J connectivity index is 0.00000676. The predicted octanol–water partition coefficient (Wildman–Crippen LogP) is 3.51. The number of carbonyl (C=O) groups is 1. The van der Waals surface area contributed by atoms with Gasteiger partial charge in [-0.3, -0.25) is 9.79 Å². The number of aliphatic imine (C=N–C) groups is 1. The Kier molecular flexibility index (Phi) is 12.1. The molecule has 1 aromatic carbocycles. The number of halogens is 4. The van der Waals surface area contributed by atoms with Crippen LogP contribution in [0.25, 0.3) is 0 Å². The predicted molar refractivity (Wildman–Crippen MR) is 113 cm³/mol. The fourth-order valence-electron chi connectivity index (χ4n) is 2.31. The second-order valence-corrected chi connectivity index (χ2v) is 6.02. The van der Waals surface area contributed by atoms with Crippen molar-refractivity contribution >= 4 is 35.8 Å². The number of guanidine groups is 1. The van der Waals surface area contributed by atoms with Crippen molar-refractivity contribution in [3.63, 3.8) is 0 Å². The van der Waals surface area contributed by atoms with Crippen LogP contribution in [0.2, 0.25) is 0 Å². The molecule has 3 N–H and O–H groups in total. The van der Waals surface area contributed by atoms with Crippen molar-refractivity contribution in [3.8, 4) is 0 Å². The lowest BCUT2D eigenvalue weighted by Gasteiger charge is -2.16. The summed E-state index contributed by atoms with van der Waals surface area (Å²) in [6, 6.07) is 5.39. The van der Waals surface area contributed by atoms with Gasteiger partial charge in [-0.25, -0.2) is 0 Å². The van der Waals surface area contributed by atoms with Gasteiger partial charge in [0, 0.05) is 20.1 Å². The first-order chi connectivity index (χ1) is 12.3. The van der Waals surface area contributed by atoms with E-state index in [1.54, 1.807) is 13.1 Å². The number of nitrogens with one attached hydrogen (secondary N) is 3. The van der Waals surface area contributed by atoms with Crippen LogP contribution < -0.4 is 16.0 Å². The summed E-state index contributed by atoms with van der Waals surface area (Å²) in [6.07, 6.45) is -2.84. The lowest BCUT2D eigenvalue weighted by molar-refractivity contribution is -0.137. The Labute approximate surface area is 175 Å². The summed E-state index contributed by atoms with van der Waals surface area (Å²) >= 11 is 0. The molecule has 1 aromatic rings. The van der Waals surface area contributed by atoms with Crippen molar-refractivity contribution in [2.45, 2.75) is 38.8 Å². The van der Waals surface area contributed by atoms with Gasteiger partial charge >= 0.3 is 6.18 Å². The smallest absolute Gasteiger partial charge is 0.356 e. The molecule has 1 rings (SSSR count). The number of nitrogens with zero attached hydrogens (tertiary/aromatic N) is 1. The summed E-state index contributed by atoms with van der Waals surface area (Å²) in [4.78, 5) is 15.6. The third kappa shape index (κ3) is 9.83. The standard InChI is InChI=1S/C18H27F3N4O.HI/c1-4-9-23-16(26)12-25-17(22-3)24-10-8-13(2)14-6-5-7-15(11-14)18(19,20)21;/h5-7,11,13H,4,8-10,12H2,1-3H3,(H,23,26)(H2,22,24,25);1H. The van der Waals surface area contributed by atoms with E-state index in [9.17, 15) is 18.0 Å². The lowest BCUT2D eigenvalue weighted by atomic mass is 9.96. The highest BCUT2D eigenvalue weighted by atomic mass is 127. The number of carbonyl (C=O) groups excluding carboxylic acids is 1. The maximum atomic E-state index is 12.8. The Morgan fingerprint density at radius 2 is 1.89 bits per heavy atom. The van der Waals surface area contributed by atoms with Crippen LogP contribution in [0.5, 0.6) is 0 Å². The van der Waals surface area contributed by atoms with E-state index in [0.717, 1.165) is 12.5 Å². The molecule has 0 aliphatic heterocycles. The van der Waals surface area contributed by atoms with Crippen molar-refractivity contribution in [2.24, 2.45) is 4.99 Å². The fraction of sp³-hybridized carbons (Fsp3) is 0.556. The van der Waals surface area contributed by atoms with Crippen LogP contribution >= 0.6 is 24.0 Å². The van der Waals surface area contributed by atoms with E-state index in [-0.39, 0.29) is 42.3 Å². The molecule has 154 valence electrons. The Morgan fingerprint density at radius 3 is 2.48 bits per heavy atom. The maximum absolute atomic E-state index is 12.8. The number of rotatable bonds is 8.